The van der Waals surface area contributed by atoms with Crippen molar-refractivity contribution in [2.24, 2.45) is 5.92 Å². The highest BCUT2D eigenvalue weighted by molar-refractivity contribution is 5.98. The molecule has 0 aliphatic carbocycles. The van der Waals surface area contributed by atoms with Crippen LogP contribution in [0.3, 0.4) is 0 Å². The maximum atomic E-state index is 11.4. The number of hydrogen-bond acceptors (Lipinski definition) is 3. The van der Waals surface area contributed by atoms with E-state index in [1.165, 1.54) is 0 Å². The van der Waals surface area contributed by atoms with Crippen molar-refractivity contribution in [2.45, 2.75) is 53.1 Å². The van der Waals surface area contributed by atoms with Gasteiger partial charge in [-0.15, -0.1) is 0 Å². The summed E-state index contributed by atoms with van der Waals surface area (Å²) in [6, 6.07) is 0. The van der Waals surface area contributed by atoms with Gasteiger partial charge in [0.05, 0.1) is 0 Å². The van der Waals surface area contributed by atoms with Crippen LogP contribution in [0.4, 0.5) is 0 Å². The summed E-state index contributed by atoms with van der Waals surface area (Å²) in [6.07, 6.45) is 1.21. The van der Waals surface area contributed by atoms with Gasteiger partial charge >= 0.3 is 5.97 Å². The molecular weight excluding hydrogens is 180 g/mol. The third-order valence-corrected chi connectivity index (χ3v) is 1.74. The number of carbonyl (C=O) groups excluding carboxylic acids is 2. The smallest absolute Gasteiger partial charge is 0.316 e. The van der Waals surface area contributed by atoms with E-state index >= 15 is 0 Å². The first-order valence-corrected chi connectivity index (χ1v) is 5.03. The van der Waals surface area contributed by atoms with Gasteiger partial charge in [0.25, 0.3) is 0 Å². The monoisotopic (exact) mass is 200 g/mol. The summed E-state index contributed by atoms with van der Waals surface area (Å²) in [5.41, 5.74) is -0.516. The Morgan fingerprint density at radius 1 is 1.29 bits per heavy atom. The van der Waals surface area contributed by atoms with Crippen LogP contribution in [0.5, 0.6) is 0 Å². The summed E-state index contributed by atoms with van der Waals surface area (Å²) >= 11 is 0. The van der Waals surface area contributed by atoms with E-state index in [1.54, 1.807) is 27.7 Å². The Morgan fingerprint density at radius 2 is 1.79 bits per heavy atom. The predicted molar refractivity (Wildman–Crippen MR) is 54.9 cm³/mol. The molecular formula is C11H20O3. The van der Waals surface area contributed by atoms with E-state index < -0.39 is 17.5 Å². The van der Waals surface area contributed by atoms with Gasteiger partial charge in [-0.1, -0.05) is 6.92 Å². The Balaban J connectivity index is 4.19. The molecule has 0 saturated carbocycles. The van der Waals surface area contributed by atoms with Gasteiger partial charge in [0, 0.05) is 6.42 Å². The minimum atomic E-state index is -0.630. The minimum Gasteiger partial charge on any atom is -0.459 e. The van der Waals surface area contributed by atoms with E-state index in [0.717, 1.165) is 6.42 Å². The number of ketones is 1. The fourth-order valence-corrected chi connectivity index (χ4v) is 0.985. The van der Waals surface area contributed by atoms with Gasteiger partial charge in [-0.05, 0) is 34.1 Å². The van der Waals surface area contributed by atoms with Gasteiger partial charge in [-0.25, -0.2) is 0 Å². The second-order valence-electron chi connectivity index (χ2n) is 4.47. The van der Waals surface area contributed by atoms with E-state index in [0.29, 0.717) is 6.42 Å². The van der Waals surface area contributed by atoms with Gasteiger partial charge in [0.1, 0.15) is 17.3 Å². The van der Waals surface area contributed by atoms with Crippen LogP contribution < -0.4 is 0 Å². The van der Waals surface area contributed by atoms with Gasteiger partial charge < -0.3 is 4.74 Å². The van der Waals surface area contributed by atoms with Crippen LogP contribution in [0.1, 0.15) is 47.5 Å². The highest BCUT2D eigenvalue weighted by atomic mass is 16.6. The normalized spacial score (nSPS) is 13.5. The first-order valence-electron chi connectivity index (χ1n) is 5.03. The molecule has 0 aliphatic rings. The molecule has 0 aromatic rings. The summed E-state index contributed by atoms with van der Waals surface area (Å²) in [5.74, 6) is -1.09. The molecule has 0 spiro atoms. The third-order valence-electron chi connectivity index (χ3n) is 1.74. The fourth-order valence-electron chi connectivity index (χ4n) is 0.985. The lowest BCUT2D eigenvalue weighted by atomic mass is 10.0. The summed E-state index contributed by atoms with van der Waals surface area (Å²) in [6.45, 7) is 8.90. The molecule has 3 heteroatoms. The van der Waals surface area contributed by atoms with Crippen molar-refractivity contribution in [1.82, 2.24) is 0 Å². The molecule has 1 unspecified atom stereocenters. The maximum Gasteiger partial charge on any atom is 0.316 e. The molecule has 82 valence electrons. The zero-order chi connectivity index (χ0) is 11.4. The Kier molecular flexibility index (Phi) is 4.81. The van der Waals surface area contributed by atoms with Crippen LogP contribution in [0.15, 0.2) is 0 Å². The summed E-state index contributed by atoms with van der Waals surface area (Å²) < 4.78 is 5.11. The van der Waals surface area contributed by atoms with Crippen molar-refractivity contribution in [2.75, 3.05) is 0 Å². The van der Waals surface area contributed by atoms with Gasteiger partial charge in [-0.3, -0.25) is 9.59 Å². The number of ether oxygens (including phenoxy) is 1. The standard InChI is InChI=1S/C11H20O3/c1-6-7-9(12)8(2)10(13)14-11(3,4)5/h8H,6-7H2,1-5H3. The lowest BCUT2D eigenvalue weighted by Crippen LogP contribution is -2.31. The van der Waals surface area contributed by atoms with E-state index in [-0.39, 0.29) is 5.78 Å². The van der Waals surface area contributed by atoms with E-state index in [9.17, 15) is 9.59 Å². The van der Waals surface area contributed by atoms with E-state index in [2.05, 4.69) is 0 Å². The van der Waals surface area contributed by atoms with E-state index in [1.807, 2.05) is 6.92 Å². The fraction of sp³-hybridized carbons (Fsp3) is 0.818. The molecule has 0 bridgehead atoms. The Labute approximate surface area is 85.8 Å². The van der Waals surface area contributed by atoms with Gasteiger partial charge in [-0.2, -0.15) is 0 Å². The summed E-state index contributed by atoms with van der Waals surface area (Å²) in [4.78, 5) is 22.8. The van der Waals surface area contributed by atoms with Crippen LogP contribution in [-0.4, -0.2) is 17.4 Å². The molecule has 0 aromatic heterocycles. The zero-order valence-corrected chi connectivity index (χ0v) is 9.72. The van der Waals surface area contributed by atoms with Crippen molar-refractivity contribution in [3.8, 4) is 0 Å². The lowest BCUT2D eigenvalue weighted by molar-refractivity contribution is -0.161. The van der Waals surface area contributed by atoms with Crippen molar-refractivity contribution < 1.29 is 14.3 Å². The molecule has 0 heterocycles. The predicted octanol–water partition coefficient (Wildman–Crippen LogP) is 2.33. The first kappa shape index (κ1) is 13.1. The van der Waals surface area contributed by atoms with Crippen molar-refractivity contribution in [1.29, 1.82) is 0 Å². The summed E-state index contributed by atoms with van der Waals surface area (Å²) in [7, 11) is 0. The molecule has 0 N–H and O–H groups in total. The van der Waals surface area contributed by atoms with Crippen molar-refractivity contribution in [3.05, 3.63) is 0 Å². The second-order valence-corrected chi connectivity index (χ2v) is 4.47. The molecule has 0 aliphatic heterocycles. The first-order chi connectivity index (χ1) is 6.28. The highest BCUT2D eigenvalue weighted by Gasteiger charge is 2.26. The lowest BCUT2D eigenvalue weighted by Gasteiger charge is -2.21. The number of Topliss-reactive ketones (excluding diaryl/α,β-unsaturated/α-hetero) is 1. The molecule has 0 amide bonds. The molecule has 3 nitrogen and oxygen atoms in total. The van der Waals surface area contributed by atoms with E-state index in [4.69, 9.17) is 4.74 Å². The average Bonchev–Trinajstić information content (AvgIpc) is 2.00. The largest absolute Gasteiger partial charge is 0.459 e. The van der Waals surface area contributed by atoms with Gasteiger partial charge in [0.15, 0.2) is 0 Å². The van der Waals surface area contributed by atoms with Crippen molar-refractivity contribution in [3.63, 3.8) is 0 Å². The van der Waals surface area contributed by atoms with Gasteiger partial charge in [0.2, 0.25) is 0 Å². The highest BCUT2D eigenvalue weighted by Crippen LogP contribution is 2.13. The molecule has 1 atom stereocenters. The zero-order valence-electron chi connectivity index (χ0n) is 9.72. The molecule has 0 radical (unpaired) electrons. The van der Waals surface area contributed by atoms with Crippen LogP contribution in [0.25, 0.3) is 0 Å². The van der Waals surface area contributed by atoms with Crippen LogP contribution in [0.2, 0.25) is 0 Å². The van der Waals surface area contributed by atoms with Crippen LogP contribution in [0, 0.1) is 5.92 Å². The Hall–Kier alpha value is -0.860. The Bertz CT molecular complexity index is 213. The third kappa shape index (κ3) is 5.00. The van der Waals surface area contributed by atoms with Crippen LogP contribution >= 0.6 is 0 Å². The molecule has 0 rings (SSSR count). The van der Waals surface area contributed by atoms with Crippen molar-refractivity contribution >= 4 is 11.8 Å². The Morgan fingerprint density at radius 3 is 2.14 bits per heavy atom. The molecule has 0 fully saturated rings. The number of carbonyl (C=O) groups is 2. The second kappa shape index (κ2) is 5.13. The SMILES string of the molecule is CCCC(=O)C(C)C(=O)OC(C)(C)C. The average molecular weight is 200 g/mol. The minimum absolute atomic E-state index is 0.0400. The molecule has 0 aromatic carbocycles. The molecule has 14 heavy (non-hydrogen) atoms. The summed E-state index contributed by atoms with van der Waals surface area (Å²) in [5, 5.41) is 0. The topological polar surface area (TPSA) is 43.4 Å². The van der Waals surface area contributed by atoms with Crippen LogP contribution in [-0.2, 0) is 14.3 Å². The maximum absolute atomic E-state index is 11.4. The molecule has 0 saturated heterocycles. The quantitative estimate of drug-likeness (QED) is 0.516. The number of hydrogen-bond donors (Lipinski definition) is 0. The number of rotatable bonds is 4. The number of esters is 1.